The summed E-state index contributed by atoms with van der Waals surface area (Å²) < 4.78 is 0. The Labute approximate surface area is 138 Å². The number of anilines is 4. The van der Waals surface area contributed by atoms with Crippen LogP contribution in [-0.4, -0.2) is 0 Å². The minimum absolute atomic E-state index is 1.08. The second kappa shape index (κ2) is 6.57. The van der Waals surface area contributed by atoms with E-state index >= 15 is 0 Å². The minimum atomic E-state index is 1.08. The molecule has 3 aromatic rings. The third-order valence-electron chi connectivity index (χ3n) is 4.02. The lowest BCUT2D eigenvalue weighted by Crippen LogP contribution is -1.93. The van der Waals surface area contributed by atoms with Gasteiger partial charge in [0.15, 0.2) is 0 Å². The molecule has 3 rings (SSSR count). The van der Waals surface area contributed by atoms with Crippen molar-refractivity contribution >= 4 is 22.7 Å². The first kappa shape index (κ1) is 15.2. The van der Waals surface area contributed by atoms with Gasteiger partial charge in [0.05, 0.1) is 0 Å². The van der Waals surface area contributed by atoms with Gasteiger partial charge in [-0.3, -0.25) is 0 Å². The highest BCUT2D eigenvalue weighted by Gasteiger charge is 1.99. The van der Waals surface area contributed by atoms with Crippen molar-refractivity contribution in [3.8, 4) is 0 Å². The second-order valence-corrected chi connectivity index (χ2v) is 5.99. The summed E-state index contributed by atoms with van der Waals surface area (Å²) in [5.41, 5.74) is 8.27. The quantitative estimate of drug-likeness (QED) is 0.608. The zero-order valence-electron chi connectivity index (χ0n) is 13.9. The average Bonchev–Trinajstić information content (AvgIpc) is 2.55. The van der Waals surface area contributed by atoms with Gasteiger partial charge < -0.3 is 10.6 Å². The fourth-order valence-electron chi connectivity index (χ4n) is 2.43. The summed E-state index contributed by atoms with van der Waals surface area (Å²) in [4.78, 5) is 0. The molecule has 0 amide bonds. The summed E-state index contributed by atoms with van der Waals surface area (Å²) in [5.74, 6) is 0. The molecule has 0 fully saturated rings. The molecule has 2 nitrogen and oxygen atoms in total. The molecule has 0 aliphatic heterocycles. The Morgan fingerprint density at radius 3 is 1.43 bits per heavy atom. The van der Waals surface area contributed by atoms with Crippen molar-refractivity contribution in [2.24, 2.45) is 0 Å². The van der Waals surface area contributed by atoms with Crippen LogP contribution in [0.2, 0.25) is 0 Å². The van der Waals surface area contributed by atoms with Crippen LogP contribution in [-0.2, 0) is 0 Å². The zero-order valence-corrected chi connectivity index (χ0v) is 13.9. The standard InChI is InChI=1S/C21H22N2/c1-15-4-7-18(8-5-15)22-19-10-12-20(13-11-19)23-21-9-6-16(2)17(3)14-21/h4-14,22-23H,1-3H3. The lowest BCUT2D eigenvalue weighted by atomic mass is 10.1. The Hall–Kier alpha value is -2.74. The highest BCUT2D eigenvalue weighted by Crippen LogP contribution is 2.23. The lowest BCUT2D eigenvalue weighted by Gasteiger charge is -2.11. The normalized spacial score (nSPS) is 10.4. The maximum atomic E-state index is 3.44. The van der Waals surface area contributed by atoms with Crippen LogP contribution in [0.1, 0.15) is 16.7 Å². The molecule has 2 N–H and O–H groups in total. The van der Waals surface area contributed by atoms with Gasteiger partial charge in [0.25, 0.3) is 0 Å². The third kappa shape index (κ3) is 3.92. The van der Waals surface area contributed by atoms with Crippen LogP contribution in [0.4, 0.5) is 22.7 Å². The Balaban J connectivity index is 1.69. The molecule has 0 radical (unpaired) electrons. The first-order chi connectivity index (χ1) is 11.1. The molecule has 3 aromatic carbocycles. The first-order valence-electron chi connectivity index (χ1n) is 7.88. The molecule has 0 aromatic heterocycles. The van der Waals surface area contributed by atoms with Crippen LogP contribution < -0.4 is 10.6 Å². The predicted molar refractivity (Wildman–Crippen MR) is 100 cm³/mol. The fraction of sp³-hybridized carbons (Fsp3) is 0.143. The Bertz CT molecular complexity index is 787. The van der Waals surface area contributed by atoms with E-state index in [0.717, 1.165) is 22.7 Å². The van der Waals surface area contributed by atoms with Gasteiger partial charge in [0.2, 0.25) is 0 Å². The van der Waals surface area contributed by atoms with E-state index in [1.807, 2.05) is 0 Å². The maximum absolute atomic E-state index is 3.44. The smallest absolute Gasteiger partial charge is 0.0387 e. The van der Waals surface area contributed by atoms with E-state index in [4.69, 9.17) is 0 Å². The molecule has 0 heterocycles. The van der Waals surface area contributed by atoms with Crippen molar-refractivity contribution in [1.82, 2.24) is 0 Å². The van der Waals surface area contributed by atoms with E-state index in [9.17, 15) is 0 Å². The molecule has 23 heavy (non-hydrogen) atoms. The van der Waals surface area contributed by atoms with Crippen LogP contribution in [0.3, 0.4) is 0 Å². The van der Waals surface area contributed by atoms with Crippen LogP contribution in [0.15, 0.2) is 66.7 Å². The number of benzene rings is 3. The molecule has 2 heteroatoms. The molecule has 0 aliphatic rings. The van der Waals surface area contributed by atoms with E-state index in [0.29, 0.717) is 0 Å². The Kier molecular flexibility index (Phi) is 4.33. The van der Waals surface area contributed by atoms with E-state index in [1.165, 1.54) is 16.7 Å². The zero-order chi connectivity index (χ0) is 16.2. The summed E-state index contributed by atoms with van der Waals surface area (Å²) in [6.07, 6.45) is 0. The predicted octanol–water partition coefficient (Wildman–Crippen LogP) is 6.10. The van der Waals surface area contributed by atoms with Gasteiger partial charge in [0, 0.05) is 22.7 Å². The van der Waals surface area contributed by atoms with Crippen molar-refractivity contribution < 1.29 is 0 Å². The number of rotatable bonds is 4. The Morgan fingerprint density at radius 2 is 0.913 bits per heavy atom. The number of hydrogen-bond acceptors (Lipinski definition) is 2. The fourth-order valence-corrected chi connectivity index (χ4v) is 2.43. The van der Waals surface area contributed by atoms with Crippen molar-refractivity contribution in [2.75, 3.05) is 10.6 Å². The van der Waals surface area contributed by atoms with Crippen molar-refractivity contribution in [3.05, 3.63) is 83.4 Å². The number of aryl methyl sites for hydroxylation is 3. The van der Waals surface area contributed by atoms with Gasteiger partial charge in [-0.2, -0.15) is 0 Å². The molecule has 0 saturated heterocycles. The average molecular weight is 302 g/mol. The van der Waals surface area contributed by atoms with Gasteiger partial charge in [-0.05, 0) is 80.4 Å². The van der Waals surface area contributed by atoms with Crippen LogP contribution in [0.5, 0.6) is 0 Å². The third-order valence-corrected chi connectivity index (χ3v) is 4.02. The number of hydrogen-bond donors (Lipinski definition) is 2. The van der Waals surface area contributed by atoms with Crippen molar-refractivity contribution in [2.45, 2.75) is 20.8 Å². The van der Waals surface area contributed by atoms with Gasteiger partial charge in [-0.15, -0.1) is 0 Å². The van der Waals surface area contributed by atoms with Gasteiger partial charge in [-0.25, -0.2) is 0 Å². The lowest BCUT2D eigenvalue weighted by molar-refractivity contribution is 1.34. The molecule has 0 saturated carbocycles. The highest BCUT2D eigenvalue weighted by molar-refractivity contribution is 5.66. The summed E-state index contributed by atoms with van der Waals surface area (Å²) in [6, 6.07) is 23.2. The molecule has 0 aliphatic carbocycles. The molecular weight excluding hydrogens is 280 g/mol. The van der Waals surface area contributed by atoms with E-state index < -0.39 is 0 Å². The summed E-state index contributed by atoms with van der Waals surface area (Å²) in [6.45, 7) is 6.36. The topological polar surface area (TPSA) is 24.1 Å². The van der Waals surface area contributed by atoms with Crippen LogP contribution in [0.25, 0.3) is 0 Å². The van der Waals surface area contributed by atoms with E-state index in [1.54, 1.807) is 0 Å². The summed E-state index contributed by atoms with van der Waals surface area (Å²) >= 11 is 0. The van der Waals surface area contributed by atoms with Crippen molar-refractivity contribution in [1.29, 1.82) is 0 Å². The van der Waals surface area contributed by atoms with Gasteiger partial charge in [0.1, 0.15) is 0 Å². The van der Waals surface area contributed by atoms with Gasteiger partial charge in [-0.1, -0.05) is 23.8 Å². The highest BCUT2D eigenvalue weighted by atomic mass is 14.9. The second-order valence-electron chi connectivity index (χ2n) is 5.99. The number of nitrogens with one attached hydrogen (secondary N) is 2. The van der Waals surface area contributed by atoms with E-state index in [2.05, 4.69) is 98.1 Å². The minimum Gasteiger partial charge on any atom is -0.356 e. The first-order valence-corrected chi connectivity index (χ1v) is 7.88. The molecular formula is C21H22N2. The van der Waals surface area contributed by atoms with Gasteiger partial charge >= 0.3 is 0 Å². The molecule has 0 bridgehead atoms. The SMILES string of the molecule is Cc1ccc(Nc2ccc(Nc3ccc(C)c(C)c3)cc2)cc1. The molecule has 0 spiro atoms. The van der Waals surface area contributed by atoms with E-state index in [-0.39, 0.29) is 0 Å². The van der Waals surface area contributed by atoms with Crippen molar-refractivity contribution in [3.63, 3.8) is 0 Å². The van der Waals surface area contributed by atoms with Crippen LogP contribution in [0, 0.1) is 20.8 Å². The maximum Gasteiger partial charge on any atom is 0.0387 e. The summed E-state index contributed by atoms with van der Waals surface area (Å²) in [5, 5.41) is 6.85. The molecule has 0 unspecified atom stereocenters. The monoisotopic (exact) mass is 302 g/mol. The largest absolute Gasteiger partial charge is 0.356 e. The summed E-state index contributed by atoms with van der Waals surface area (Å²) in [7, 11) is 0. The van der Waals surface area contributed by atoms with Crippen LogP contribution >= 0.6 is 0 Å². The molecule has 0 atom stereocenters. The molecule has 116 valence electrons. The Morgan fingerprint density at radius 1 is 0.478 bits per heavy atom.